The Kier molecular flexibility index (Phi) is 6.78. The van der Waals surface area contributed by atoms with Crippen LogP contribution in [0.2, 0.25) is 0 Å². The first-order valence-electron chi connectivity index (χ1n) is 8.73. The molecule has 1 saturated heterocycles. The summed E-state index contributed by atoms with van der Waals surface area (Å²) in [4.78, 5) is 23.3. The molecule has 0 bridgehead atoms. The van der Waals surface area contributed by atoms with Crippen LogP contribution in [0.5, 0.6) is 0 Å². The fourth-order valence-corrected chi connectivity index (χ4v) is 3.45. The molecule has 1 N–H and O–H groups in total. The molecule has 1 heterocycles. The molecular weight excluding hydrogens is 296 g/mol. The minimum absolute atomic E-state index is 0.0138. The van der Waals surface area contributed by atoms with E-state index < -0.39 is 18.2 Å². The number of carbonyl (C=O) groups excluding carboxylic acids is 2. The summed E-state index contributed by atoms with van der Waals surface area (Å²) >= 11 is 0. The molecule has 0 aromatic rings. The van der Waals surface area contributed by atoms with Crippen LogP contribution in [0.3, 0.4) is 0 Å². The third kappa shape index (κ3) is 5.15. The van der Waals surface area contributed by atoms with Gasteiger partial charge in [-0.2, -0.15) is 0 Å². The molecule has 0 spiro atoms. The summed E-state index contributed by atoms with van der Waals surface area (Å²) in [6.45, 7) is 2.20. The summed E-state index contributed by atoms with van der Waals surface area (Å²) in [6.07, 6.45) is 7.43. The van der Waals surface area contributed by atoms with Gasteiger partial charge in [0.2, 0.25) is 0 Å². The summed E-state index contributed by atoms with van der Waals surface area (Å²) in [6, 6.07) is 0. The standard InChI is InChI=1S/C18H28O5/c1-3-4-5-6-7-12-10-14(12)13(8-9-16(19)22-2)15-11-17(20)23-18(15)21/h13,15-16,19H,3-11H2,1-2H3. The van der Waals surface area contributed by atoms with E-state index in [1.807, 2.05) is 0 Å². The lowest BCUT2D eigenvalue weighted by atomic mass is 9.84. The molecule has 1 aliphatic heterocycles. The number of carbonyl (C=O) groups is 2. The van der Waals surface area contributed by atoms with Crippen molar-refractivity contribution in [2.45, 2.75) is 71.0 Å². The van der Waals surface area contributed by atoms with E-state index in [9.17, 15) is 14.7 Å². The van der Waals surface area contributed by atoms with Gasteiger partial charge in [-0.3, -0.25) is 9.59 Å². The zero-order valence-electron chi connectivity index (χ0n) is 14.2. The van der Waals surface area contributed by atoms with Crippen molar-refractivity contribution in [3.05, 3.63) is 11.1 Å². The predicted molar refractivity (Wildman–Crippen MR) is 85.3 cm³/mol. The Labute approximate surface area is 138 Å². The van der Waals surface area contributed by atoms with Gasteiger partial charge in [0.05, 0.1) is 12.3 Å². The number of hydrogen-bond acceptors (Lipinski definition) is 5. The maximum absolute atomic E-state index is 11.9. The highest BCUT2D eigenvalue weighted by atomic mass is 16.6. The van der Waals surface area contributed by atoms with Crippen molar-refractivity contribution in [2.75, 3.05) is 7.11 Å². The maximum Gasteiger partial charge on any atom is 0.317 e. The molecule has 0 aromatic carbocycles. The molecule has 1 fully saturated rings. The number of rotatable bonds is 11. The van der Waals surface area contributed by atoms with Crippen LogP contribution in [0.15, 0.2) is 11.1 Å². The van der Waals surface area contributed by atoms with Crippen LogP contribution >= 0.6 is 0 Å². The van der Waals surface area contributed by atoms with Gasteiger partial charge >= 0.3 is 11.9 Å². The van der Waals surface area contributed by atoms with Crippen LogP contribution in [0.4, 0.5) is 0 Å². The Morgan fingerprint density at radius 3 is 2.65 bits per heavy atom. The smallest absolute Gasteiger partial charge is 0.317 e. The number of ether oxygens (including phenoxy) is 2. The normalized spacial score (nSPS) is 23.2. The molecule has 3 unspecified atom stereocenters. The first-order chi connectivity index (χ1) is 11.1. The number of aliphatic hydroxyl groups is 1. The fourth-order valence-electron chi connectivity index (χ4n) is 3.45. The van der Waals surface area contributed by atoms with Gasteiger partial charge in [0, 0.05) is 7.11 Å². The number of hydrogen-bond donors (Lipinski definition) is 1. The van der Waals surface area contributed by atoms with E-state index in [1.54, 1.807) is 0 Å². The monoisotopic (exact) mass is 324 g/mol. The van der Waals surface area contributed by atoms with Crippen molar-refractivity contribution in [2.24, 2.45) is 11.8 Å². The molecule has 0 saturated carbocycles. The summed E-state index contributed by atoms with van der Waals surface area (Å²) in [5.74, 6) is -1.20. The largest absolute Gasteiger partial charge is 0.393 e. The maximum atomic E-state index is 11.9. The zero-order chi connectivity index (χ0) is 16.8. The molecule has 2 aliphatic rings. The summed E-state index contributed by atoms with van der Waals surface area (Å²) in [7, 11) is 1.46. The molecular formula is C18H28O5. The van der Waals surface area contributed by atoms with Gasteiger partial charge < -0.3 is 14.6 Å². The van der Waals surface area contributed by atoms with E-state index in [2.05, 4.69) is 6.92 Å². The molecule has 5 nitrogen and oxygen atoms in total. The van der Waals surface area contributed by atoms with Gasteiger partial charge in [-0.25, -0.2) is 0 Å². The first kappa shape index (κ1) is 18.1. The summed E-state index contributed by atoms with van der Waals surface area (Å²) in [5, 5.41) is 9.61. The van der Waals surface area contributed by atoms with Crippen LogP contribution in [-0.4, -0.2) is 30.4 Å². The Bertz CT molecular complexity index is 468. The van der Waals surface area contributed by atoms with E-state index in [-0.39, 0.29) is 18.3 Å². The van der Waals surface area contributed by atoms with Crippen molar-refractivity contribution in [3.63, 3.8) is 0 Å². The highest BCUT2D eigenvalue weighted by Gasteiger charge is 2.43. The van der Waals surface area contributed by atoms with Crippen LogP contribution in [0.25, 0.3) is 0 Å². The molecule has 23 heavy (non-hydrogen) atoms. The molecule has 0 radical (unpaired) electrons. The van der Waals surface area contributed by atoms with E-state index in [1.165, 1.54) is 43.9 Å². The van der Waals surface area contributed by atoms with Crippen molar-refractivity contribution in [3.8, 4) is 0 Å². The van der Waals surface area contributed by atoms with E-state index >= 15 is 0 Å². The molecule has 5 heteroatoms. The Morgan fingerprint density at radius 1 is 1.26 bits per heavy atom. The van der Waals surface area contributed by atoms with Gasteiger partial charge in [-0.1, -0.05) is 37.3 Å². The Morgan fingerprint density at radius 2 is 2.04 bits per heavy atom. The van der Waals surface area contributed by atoms with E-state index in [0.29, 0.717) is 12.8 Å². The van der Waals surface area contributed by atoms with Crippen molar-refractivity contribution in [1.82, 2.24) is 0 Å². The molecule has 0 aromatic heterocycles. The number of allylic oxidation sites excluding steroid dienone is 2. The van der Waals surface area contributed by atoms with Crippen LogP contribution in [0, 0.1) is 11.8 Å². The number of aliphatic hydroxyl groups excluding tert-OH is 1. The second kappa shape index (κ2) is 8.60. The average Bonchev–Trinajstić information content (AvgIpc) is 3.21. The van der Waals surface area contributed by atoms with Gasteiger partial charge in [0.1, 0.15) is 0 Å². The SMILES string of the molecule is CCCCCCC1=C(C(CCC(O)OC)C2CC(=O)OC2=O)C1. The zero-order valence-corrected chi connectivity index (χ0v) is 14.2. The van der Waals surface area contributed by atoms with E-state index in [0.717, 1.165) is 12.8 Å². The molecule has 0 amide bonds. The predicted octanol–water partition coefficient (Wildman–Crippen LogP) is 3.11. The minimum Gasteiger partial charge on any atom is -0.393 e. The van der Waals surface area contributed by atoms with Crippen molar-refractivity contribution >= 4 is 11.9 Å². The first-order valence-corrected chi connectivity index (χ1v) is 8.73. The van der Waals surface area contributed by atoms with Crippen molar-refractivity contribution < 1.29 is 24.2 Å². The van der Waals surface area contributed by atoms with Crippen LogP contribution in [-0.2, 0) is 19.1 Å². The summed E-state index contributed by atoms with van der Waals surface area (Å²) in [5.41, 5.74) is 2.74. The molecule has 1 aliphatic carbocycles. The van der Waals surface area contributed by atoms with E-state index in [4.69, 9.17) is 9.47 Å². The number of esters is 2. The molecule has 3 atom stereocenters. The van der Waals surface area contributed by atoms with Crippen molar-refractivity contribution in [1.29, 1.82) is 0 Å². The minimum atomic E-state index is -0.821. The second-order valence-electron chi connectivity index (χ2n) is 6.59. The fraction of sp³-hybridized carbons (Fsp3) is 0.778. The van der Waals surface area contributed by atoms with Gasteiger partial charge in [-0.05, 0) is 38.0 Å². The number of cyclic esters (lactones) is 2. The topological polar surface area (TPSA) is 72.8 Å². The van der Waals surface area contributed by atoms with Crippen LogP contribution < -0.4 is 0 Å². The number of methoxy groups -OCH3 is 1. The molecule has 2 rings (SSSR count). The lowest BCUT2D eigenvalue weighted by Crippen LogP contribution is -2.21. The lowest BCUT2D eigenvalue weighted by molar-refractivity contribution is -0.153. The average molecular weight is 324 g/mol. The number of unbranched alkanes of at least 4 members (excludes halogenated alkanes) is 3. The Hall–Kier alpha value is -1.20. The van der Waals surface area contributed by atoms with Gasteiger partial charge in [-0.15, -0.1) is 0 Å². The Balaban J connectivity index is 1.95. The van der Waals surface area contributed by atoms with Gasteiger partial charge in [0.25, 0.3) is 0 Å². The van der Waals surface area contributed by atoms with Crippen LogP contribution in [0.1, 0.15) is 64.7 Å². The lowest BCUT2D eigenvalue weighted by Gasteiger charge is -2.19. The summed E-state index contributed by atoms with van der Waals surface area (Å²) < 4.78 is 9.61. The highest BCUT2D eigenvalue weighted by molar-refractivity contribution is 5.95. The second-order valence-corrected chi connectivity index (χ2v) is 6.59. The molecule has 130 valence electrons. The third-order valence-corrected chi connectivity index (χ3v) is 4.90. The van der Waals surface area contributed by atoms with Gasteiger partial charge in [0.15, 0.2) is 6.29 Å². The third-order valence-electron chi connectivity index (χ3n) is 4.90. The quantitative estimate of drug-likeness (QED) is 0.208. The highest BCUT2D eigenvalue weighted by Crippen LogP contribution is 2.47.